The number of anilines is 2. The van der Waals surface area contributed by atoms with Crippen molar-refractivity contribution in [3.63, 3.8) is 0 Å². The fourth-order valence-corrected chi connectivity index (χ4v) is 2.72. The molecule has 128 valence electrons. The summed E-state index contributed by atoms with van der Waals surface area (Å²) in [5.41, 5.74) is 3.48. The third-order valence-electron chi connectivity index (χ3n) is 3.86. The molecule has 0 saturated carbocycles. The maximum Gasteiger partial charge on any atom is 0.230 e. The Morgan fingerprint density at radius 2 is 2.04 bits per heavy atom. The highest BCUT2D eigenvalue weighted by atomic mass is 16.5. The minimum Gasteiger partial charge on any atom is -0.439 e. The Balaban J connectivity index is 1.55. The fourth-order valence-electron chi connectivity index (χ4n) is 2.72. The molecule has 2 aromatic heterocycles. The first-order valence-electron chi connectivity index (χ1n) is 8.12. The lowest BCUT2D eigenvalue weighted by Crippen LogP contribution is -1.98. The van der Waals surface area contributed by atoms with E-state index in [2.05, 4.69) is 26.3 Å². The van der Waals surface area contributed by atoms with Crippen LogP contribution in [0.15, 0.2) is 60.8 Å². The van der Waals surface area contributed by atoms with Crippen molar-refractivity contribution in [2.75, 3.05) is 5.32 Å². The predicted octanol–water partition coefficient (Wildman–Crippen LogP) is 4.61. The molecule has 4 rings (SSSR count). The quantitative estimate of drug-likeness (QED) is 0.517. The number of aromatic amines is 1. The smallest absolute Gasteiger partial charge is 0.230 e. The molecule has 0 radical (unpaired) electrons. The summed E-state index contributed by atoms with van der Waals surface area (Å²) in [5, 5.41) is 4.15. The van der Waals surface area contributed by atoms with Crippen LogP contribution in [0, 0.1) is 6.92 Å². The first-order chi connectivity index (χ1) is 12.7. The van der Waals surface area contributed by atoms with E-state index in [0.717, 1.165) is 28.6 Å². The number of aldehydes is 1. The van der Waals surface area contributed by atoms with Crippen LogP contribution in [0.3, 0.4) is 0 Å². The van der Waals surface area contributed by atoms with Gasteiger partial charge in [-0.3, -0.25) is 4.79 Å². The van der Waals surface area contributed by atoms with Crippen LogP contribution in [0.5, 0.6) is 11.6 Å². The monoisotopic (exact) mass is 344 g/mol. The van der Waals surface area contributed by atoms with Gasteiger partial charge in [-0.05, 0) is 43.3 Å². The Hall–Kier alpha value is -3.67. The van der Waals surface area contributed by atoms with Gasteiger partial charge in [-0.25, -0.2) is 4.98 Å². The van der Waals surface area contributed by atoms with Crippen molar-refractivity contribution in [3.05, 3.63) is 72.1 Å². The topological polar surface area (TPSA) is 79.9 Å². The summed E-state index contributed by atoms with van der Waals surface area (Å²) in [7, 11) is 0. The number of benzene rings is 2. The van der Waals surface area contributed by atoms with Gasteiger partial charge in [-0.15, -0.1) is 0 Å². The largest absolute Gasteiger partial charge is 0.439 e. The number of hydrogen-bond acceptors (Lipinski definition) is 5. The van der Waals surface area contributed by atoms with E-state index in [4.69, 9.17) is 4.74 Å². The molecule has 6 nitrogen and oxygen atoms in total. The lowest BCUT2D eigenvalue weighted by atomic mass is 10.2. The van der Waals surface area contributed by atoms with Gasteiger partial charge in [0.15, 0.2) is 0 Å². The van der Waals surface area contributed by atoms with E-state index < -0.39 is 0 Å². The Morgan fingerprint density at radius 3 is 2.92 bits per heavy atom. The van der Waals surface area contributed by atoms with Gasteiger partial charge >= 0.3 is 0 Å². The molecular formula is C20H16N4O2. The molecule has 0 aliphatic heterocycles. The average molecular weight is 344 g/mol. The minimum atomic E-state index is 0.393. The highest BCUT2D eigenvalue weighted by Gasteiger charge is 2.05. The van der Waals surface area contributed by atoms with Gasteiger partial charge in [0.1, 0.15) is 12.0 Å². The van der Waals surface area contributed by atoms with E-state index in [1.54, 1.807) is 30.5 Å². The van der Waals surface area contributed by atoms with Crippen LogP contribution in [0.4, 0.5) is 11.6 Å². The van der Waals surface area contributed by atoms with Crippen LogP contribution < -0.4 is 10.1 Å². The minimum absolute atomic E-state index is 0.393. The van der Waals surface area contributed by atoms with Crippen molar-refractivity contribution in [2.24, 2.45) is 0 Å². The molecule has 4 aromatic rings. The van der Waals surface area contributed by atoms with Gasteiger partial charge < -0.3 is 15.0 Å². The Bertz CT molecular complexity index is 1090. The summed E-state index contributed by atoms with van der Waals surface area (Å²) in [6.45, 7) is 2.02. The summed E-state index contributed by atoms with van der Waals surface area (Å²) in [6.07, 6.45) is 2.41. The van der Waals surface area contributed by atoms with Gasteiger partial charge in [0.25, 0.3) is 0 Å². The maximum absolute atomic E-state index is 10.9. The van der Waals surface area contributed by atoms with Crippen LogP contribution in [0.25, 0.3) is 10.9 Å². The predicted molar refractivity (Wildman–Crippen MR) is 100 cm³/mol. The number of ether oxygens (including phenoxy) is 1. The van der Waals surface area contributed by atoms with Crippen LogP contribution in [-0.4, -0.2) is 21.2 Å². The molecule has 26 heavy (non-hydrogen) atoms. The second kappa shape index (κ2) is 6.68. The summed E-state index contributed by atoms with van der Waals surface area (Å²) < 4.78 is 5.86. The molecule has 0 atom stereocenters. The van der Waals surface area contributed by atoms with Crippen molar-refractivity contribution < 1.29 is 9.53 Å². The lowest BCUT2D eigenvalue weighted by molar-refractivity contribution is 0.112. The number of rotatable bonds is 5. The number of aromatic nitrogens is 3. The normalized spacial score (nSPS) is 10.7. The molecule has 0 amide bonds. The summed E-state index contributed by atoms with van der Waals surface area (Å²) in [6, 6.07) is 16.7. The summed E-state index contributed by atoms with van der Waals surface area (Å²) >= 11 is 0. The summed E-state index contributed by atoms with van der Waals surface area (Å²) in [4.78, 5) is 22.7. The molecule has 0 saturated heterocycles. The Kier molecular flexibility index (Phi) is 4.07. The maximum atomic E-state index is 10.9. The molecule has 2 aromatic carbocycles. The number of H-pyrrole nitrogens is 1. The third kappa shape index (κ3) is 3.39. The highest BCUT2D eigenvalue weighted by Crippen LogP contribution is 2.25. The fraction of sp³-hybridized carbons (Fsp3) is 0.0500. The Morgan fingerprint density at radius 1 is 1.12 bits per heavy atom. The van der Waals surface area contributed by atoms with E-state index in [9.17, 15) is 4.79 Å². The second-order valence-corrected chi connectivity index (χ2v) is 5.89. The van der Waals surface area contributed by atoms with Gasteiger partial charge in [0, 0.05) is 40.1 Å². The zero-order valence-electron chi connectivity index (χ0n) is 14.1. The van der Waals surface area contributed by atoms with Crippen molar-refractivity contribution in [3.8, 4) is 11.6 Å². The molecule has 2 heterocycles. The van der Waals surface area contributed by atoms with Gasteiger partial charge in [0.05, 0.1) is 0 Å². The van der Waals surface area contributed by atoms with Crippen molar-refractivity contribution in [1.29, 1.82) is 0 Å². The number of carbonyl (C=O) groups excluding carboxylic acids is 1. The summed E-state index contributed by atoms with van der Waals surface area (Å²) in [5.74, 6) is 1.52. The van der Waals surface area contributed by atoms with Crippen molar-refractivity contribution in [2.45, 2.75) is 6.92 Å². The molecule has 2 N–H and O–H groups in total. The number of nitrogens with zero attached hydrogens (tertiary/aromatic N) is 2. The standard InChI is InChI=1S/C20H16N4O2/c1-13-9-15-11-17(5-6-18(15)22-13)26-19-7-8-21-20(24-19)23-16-4-2-3-14(10-16)12-25/h2-12,22H,1H3,(H,21,23,24). The van der Waals surface area contributed by atoms with Gasteiger partial charge in [-0.2, -0.15) is 4.98 Å². The first kappa shape index (κ1) is 15.8. The van der Waals surface area contributed by atoms with Crippen LogP contribution in [0.2, 0.25) is 0 Å². The molecule has 0 spiro atoms. The highest BCUT2D eigenvalue weighted by molar-refractivity contribution is 5.82. The molecule has 6 heteroatoms. The van der Waals surface area contributed by atoms with E-state index in [1.165, 1.54) is 0 Å². The van der Waals surface area contributed by atoms with Gasteiger partial charge in [0.2, 0.25) is 11.8 Å². The zero-order valence-corrected chi connectivity index (χ0v) is 14.1. The Labute approximate surface area is 149 Å². The number of aryl methyl sites for hydroxylation is 1. The van der Waals surface area contributed by atoms with Gasteiger partial charge in [-0.1, -0.05) is 12.1 Å². The first-order valence-corrected chi connectivity index (χ1v) is 8.12. The number of fused-ring (bicyclic) bond motifs is 1. The third-order valence-corrected chi connectivity index (χ3v) is 3.86. The molecule has 0 aliphatic rings. The molecule has 0 unspecified atom stereocenters. The molecule has 0 fully saturated rings. The van der Waals surface area contributed by atoms with E-state index >= 15 is 0 Å². The van der Waals surface area contributed by atoms with E-state index in [1.807, 2.05) is 31.2 Å². The SMILES string of the molecule is Cc1cc2cc(Oc3ccnc(Nc4cccc(C=O)c4)n3)ccc2[nH]1. The van der Waals surface area contributed by atoms with Crippen molar-refractivity contribution in [1.82, 2.24) is 15.0 Å². The zero-order chi connectivity index (χ0) is 17.9. The van der Waals surface area contributed by atoms with Crippen molar-refractivity contribution >= 4 is 28.8 Å². The van der Waals surface area contributed by atoms with E-state index in [-0.39, 0.29) is 0 Å². The van der Waals surface area contributed by atoms with Crippen LogP contribution in [0.1, 0.15) is 16.1 Å². The number of hydrogen-bond donors (Lipinski definition) is 2. The molecule has 0 aliphatic carbocycles. The average Bonchev–Trinajstić information content (AvgIpc) is 3.01. The lowest BCUT2D eigenvalue weighted by Gasteiger charge is -2.08. The van der Waals surface area contributed by atoms with E-state index in [0.29, 0.717) is 23.1 Å². The number of carbonyl (C=O) groups is 1. The number of nitrogens with one attached hydrogen (secondary N) is 2. The van der Waals surface area contributed by atoms with Crippen LogP contribution >= 0.6 is 0 Å². The molecule has 0 bridgehead atoms. The molecular weight excluding hydrogens is 328 g/mol. The van der Waals surface area contributed by atoms with Crippen LogP contribution in [-0.2, 0) is 0 Å². The second-order valence-electron chi connectivity index (χ2n) is 5.89.